The molecule has 0 spiro atoms. The Morgan fingerprint density at radius 1 is 1.52 bits per heavy atom. The molecular formula is C13H15FN4O2S. The summed E-state index contributed by atoms with van der Waals surface area (Å²) < 4.78 is 18.2. The zero-order valence-corrected chi connectivity index (χ0v) is 12.5. The summed E-state index contributed by atoms with van der Waals surface area (Å²) in [4.78, 5) is 16.1. The van der Waals surface area contributed by atoms with Gasteiger partial charge in [0.25, 0.3) is 5.91 Å². The van der Waals surface area contributed by atoms with Crippen molar-refractivity contribution in [1.29, 1.82) is 0 Å². The van der Waals surface area contributed by atoms with E-state index in [0.29, 0.717) is 23.2 Å². The molecule has 1 aromatic carbocycles. The molecule has 0 fully saturated rings. The Labute approximate surface area is 125 Å². The van der Waals surface area contributed by atoms with E-state index in [1.165, 1.54) is 31.0 Å². The molecular weight excluding hydrogens is 295 g/mol. The van der Waals surface area contributed by atoms with Crippen LogP contribution in [0.1, 0.15) is 16.2 Å². The van der Waals surface area contributed by atoms with E-state index >= 15 is 0 Å². The second-order valence-electron chi connectivity index (χ2n) is 4.15. The van der Waals surface area contributed by atoms with Gasteiger partial charge in [0.2, 0.25) is 5.16 Å². The number of amides is 1. The lowest BCUT2D eigenvalue weighted by molar-refractivity contribution is 0.0952. The summed E-state index contributed by atoms with van der Waals surface area (Å²) in [5, 5.41) is 10.0. The van der Waals surface area contributed by atoms with E-state index in [1.807, 2.05) is 6.92 Å². The monoisotopic (exact) mass is 310 g/mol. The first-order valence-electron chi connectivity index (χ1n) is 6.23. The molecule has 2 aromatic rings. The number of aromatic nitrogens is 3. The molecule has 21 heavy (non-hydrogen) atoms. The summed E-state index contributed by atoms with van der Waals surface area (Å²) in [5.41, 5.74) is 0.177. The Morgan fingerprint density at radius 3 is 3.00 bits per heavy atom. The van der Waals surface area contributed by atoms with Gasteiger partial charge in [0.05, 0.1) is 12.7 Å². The Kier molecular flexibility index (Phi) is 5.15. The summed E-state index contributed by atoms with van der Waals surface area (Å²) in [6, 6.07) is 3.83. The van der Waals surface area contributed by atoms with Gasteiger partial charge >= 0.3 is 0 Å². The normalized spacial score (nSPS) is 10.4. The molecule has 0 aliphatic rings. The number of rotatable bonds is 6. The summed E-state index contributed by atoms with van der Waals surface area (Å²) >= 11 is 1.42. The first kappa shape index (κ1) is 15.3. The van der Waals surface area contributed by atoms with Gasteiger partial charge in [0, 0.05) is 12.3 Å². The zero-order chi connectivity index (χ0) is 15.2. The van der Waals surface area contributed by atoms with Crippen molar-refractivity contribution in [2.75, 3.05) is 19.4 Å². The minimum atomic E-state index is -0.480. The number of thioether (sulfide) groups is 1. The third kappa shape index (κ3) is 4.19. The number of H-pyrrole nitrogens is 1. The highest BCUT2D eigenvalue weighted by Crippen LogP contribution is 2.19. The van der Waals surface area contributed by atoms with Gasteiger partial charge in [0.15, 0.2) is 0 Å². The van der Waals surface area contributed by atoms with Crippen LogP contribution >= 0.6 is 11.8 Å². The van der Waals surface area contributed by atoms with Crippen LogP contribution in [0.5, 0.6) is 5.75 Å². The number of benzene rings is 1. The Balaban J connectivity index is 1.85. The highest BCUT2D eigenvalue weighted by atomic mass is 32.2. The number of carbonyl (C=O) groups is 1. The van der Waals surface area contributed by atoms with Crippen molar-refractivity contribution in [3.63, 3.8) is 0 Å². The molecule has 0 atom stereocenters. The fourth-order valence-corrected chi connectivity index (χ4v) is 2.34. The molecule has 0 saturated heterocycles. The van der Waals surface area contributed by atoms with E-state index < -0.39 is 5.82 Å². The smallest absolute Gasteiger partial charge is 0.255 e. The van der Waals surface area contributed by atoms with E-state index in [9.17, 15) is 9.18 Å². The van der Waals surface area contributed by atoms with Crippen molar-refractivity contribution < 1.29 is 13.9 Å². The third-order valence-corrected chi connectivity index (χ3v) is 3.45. The molecule has 1 heterocycles. The molecule has 8 heteroatoms. The lowest BCUT2D eigenvalue weighted by Gasteiger charge is -2.08. The summed E-state index contributed by atoms with van der Waals surface area (Å²) in [6.07, 6.45) is 0. The Morgan fingerprint density at radius 2 is 2.33 bits per heavy atom. The van der Waals surface area contributed by atoms with Crippen LogP contribution in [0, 0.1) is 12.7 Å². The minimum Gasteiger partial charge on any atom is -0.496 e. The maximum absolute atomic E-state index is 13.2. The average molecular weight is 310 g/mol. The number of ether oxygens (including phenoxy) is 1. The van der Waals surface area contributed by atoms with Crippen molar-refractivity contribution in [3.8, 4) is 5.75 Å². The van der Waals surface area contributed by atoms with Crippen molar-refractivity contribution in [1.82, 2.24) is 20.5 Å². The largest absolute Gasteiger partial charge is 0.496 e. The molecule has 112 valence electrons. The van der Waals surface area contributed by atoms with Crippen molar-refractivity contribution in [3.05, 3.63) is 35.4 Å². The zero-order valence-electron chi connectivity index (χ0n) is 11.6. The number of aryl methyl sites for hydroxylation is 1. The van der Waals surface area contributed by atoms with E-state index in [-0.39, 0.29) is 11.5 Å². The maximum atomic E-state index is 13.2. The fourth-order valence-electron chi connectivity index (χ4n) is 1.65. The number of nitrogens with zero attached hydrogens (tertiary/aromatic N) is 2. The maximum Gasteiger partial charge on any atom is 0.255 e. The predicted octanol–water partition coefficient (Wildman–Crippen LogP) is 1.78. The van der Waals surface area contributed by atoms with Gasteiger partial charge < -0.3 is 10.1 Å². The topological polar surface area (TPSA) is 79.9 Å². The molecule has 0 radical (unpaired) electrons. The number of hydrogen-bond donors (Lipinski definition) is 2. The summed E-state index contributed by atoms with van der Waals surface area (Å²) in [7, 11) is 1.44. The van der Waals surface area contributed by atoms with Crippen LogP contribution in [0.4, 0.5) is 4.39 Å². The predicted molar refractivity (Wildman–Crippen MR) is 77.1 cm³/mol. The van der Waals surface area contributed by atoms with Crippen molar-refractivity contribution >= 4 is 17.7 Å². The fraction of sp³-hybridized carbons (Fsp3) is 0.308. The third-order valence-electron chi connectivity index (χ3n) is 2.60. The standard InChI is InChI=1S/C13H15FN4O2S/c1-8-16-13(18-17-8)21-6-5-15-12(19)10-7-9(14)3-4-11(10)20-2/h3-4,7H,5-6H2,1-2H3,(H,15,19)(H,16,17,18). The van der Waals surface area contributed by atoms with Crippen LogP contribution < -0.4 is 10.1 Å². The number of nitrogens with one attached hydrogen (secondary N) is 2. The molecule has 0 saturated carbocycles. The molecule has 0 aliphatic carbocycles. The number of methoxy groups -OCH3 is 1. The van der Waals surface area contributed by atoms with Gasteiger partial charge in [-0.15, -0.1) is 5.10 Å². The van der Waals surface area contributed by atoms with E-state index in [1.54, 1.807) is 0 Å². The quantitative estimate of drug-likeness (QED) is 0.628. The highest BCUT2D eigenvalue weighted by Gasteiger charge is 2.13. The van der Waals surface area contributed by atoms with E-state index in [2.05, 4.69) is 20.5 Å². The van der Waals surface area contributed by atoms with E-state index in [0.717, 1.165) is 11.9 Å². The van der Waals surface area contributed by atoms with Gasteiger partial charge in [-0.25, -0.2) is 9.37 Å². The first-order valence-corrected chi connectivity index (χ1v) is 7.22. The highest BCUT2D eigenvalue weighted by molar-refractivity contribution is 7.99. The lowest BCUT2D eigenvalue weighted by atomic mass is 10.2. The van der Waals surface area contributed by atoms with Crippen LogP contribution in [0.3, 0.4) is 0 Å². The molecule has 6 nitrogen and oxygen atoms in total. The van der Waals surface area contributed by atoms with Gasteiger partial charge in [-0.3, -0.25) is 9.89 Å². The minimum absolute atomic E-state index is 0.177. The molecule has 1 amide bonds. The summed E-state index contributed by atoms with van der Waals surface area (Å²) in [5.74, 6) is 0.836. The van der Waals surface area contributed by atoms with Gasteiger partial charge in [0.1, 0.15) is 17.4 Å². The Bertz CT molecular complexity index is 632. The SMILES string of the molecule is COc1ccc(F)cc1C(=O)NCCSc1n[nH]c(C)n1. The van der Waals surface area contributed by atoms with Crippen LogP contribution in [-0.4, -0.2) is 40.5 Å². The Hall–Kier alpha value is -2.09. The average Bonchev–Trinajstić information content (AvgIpc) is 2.89. The number of hydrogen-bond acceptors (Lipinski definition) is 5. The molecule has 2 N–H and O–H groups in total. The first-order chi connectivity index (χ1) is 10.1. The van der Waals surface area contributed by atoms with Gasteiger partial charge in [-0.2, -0.15) is 0 Å². The lowest BCUT2D eigenvalue weighted by Crippen LogP contribution is -2.26. The van der Waals surface area contributed by atoms with Crippen molar-refractivity contribution in [2.45, 2.75) is 12.1 Å². The second-order valence-corrected chi connectivity index (χ2v) is 5.21. The van der Waals surface area contributed by atoms with Crippen LogP contribution in [-0.2, 0) is 0 Å². The van der Waals surface area contributed by atoms with Crippen LogP contribution in [0.15, 0.2) is 23.4 Å². The summed E-state index contributed by atoms with van der Waals surface area (Å²) in [6.45, 7) is 2.23. The number of carbonyl (C=O) groups excluding carboxylic acids is 1. The molecule has 0 unspecified atom stereocenters. The van der Waals surface area contributed by atoms with Gasteiger partial charge in [-0.05, 0) is 25.1 Å². The number of aromatic amines is 1. The van der Waals surface area contributed by atoms with Crippen molar-refractivity contribution in [2.24, 2.45) is 0 Å². The van der Waals surface area contributed by atoms with Gasteiger partial charge in [-0.1, -0.05) is 11.8 Å². The molecule has 2 rings (SSSR count). The van der Waals surface area contributed by atoms with Crippen LogP contribution in [0.2, 0.25) is 0 Å². The second kappa shape index (κ2) is 7.07. The molecule has 0 aliphatic heterocycles. The number of halogens is 1. The molecule has 0 bridgehead atoms. The molecule has 1 aromatic heterocycles. The van der Waals surface area contributed by atoms with Crippen LogP contribution in [0.25, 0.3) is 0 Å². The van der Waals surface area contributed by atoms with E-state index in [4.69, 9.17) is 4.74 Å².